The zero-order valence-electron chi connectivity index (χ0n) is 10.5. The molecule has 0 fully saturated rings. The lowest BCUT2D eigenvalue weighted by Crippen LogP contribution is -2.25. The van der Waals surface area contributed by atoms with Crippen molar-refractivity contribution in [2.24, 2.45) is 7.05 Å². The number of benzene rings is 1. The number of imidazole rings is 1. The van der Waals surface area contributed by atoms with E-state index in [0.29, 0.717) is 9.39 Å². The summed E-state index contributed by atoms with van der Waals surface area (Å²) in [5.74, 6) is 0.347. The van der Waals surface area contributed by atoms with E-state index >= 15 is 0 Å². The number of nitrogens with zero attached hydrogens (tertiary/aromatic N) is 3. The zero-order valence-corrected chi connectivity index (χ0v) is 12.7. The number of carbonyl (C=O) groups is 1. The molecule has 104 valence electrons. The highest BCUT2D eigenvalue weighted by molar-refractivity contribution is 14.1. The fraction of sp³-hybridized carbons (Fsp3) is 0.167. The number of rotatable bonds is 4. The molecule has 0 saturated heterocycles. The van der Waals surface area contributed by atoms with E-state index in [0.717, 1.165) is 0 Å². The summed E-state index contributed by atoms with van der Waals surface area (Å²) in [4.78, 5) is 26.4. The largest absolute Gasteiger partial charge is 0.345 e. The highest BCUT2D eigenvalue weighted by Gasteiger charge is 2.15. The van der Waals surface area contributed by atoms with Gasteiger partial charge in [0.05, 0.1) is 17.0 Å². The number of aryl methyl sites for hydroxylation is 1. The minimum Gasteiger partial charge on any atom is -0.345 e. The van der Waals surface area contributed by atoms with Gasteiger partial charge in [0.1, 0.15) is 5.82 Å². The molecule has 20 heavy (non-hydrogen) atoms. The predicted octanol–water partition coefficient (Wildman–Crippen LogP) is 1.86. The predicted molar refractivity (Wildman–Crippen MR) is 80.2 cm³/mol. The lowest BCUT2D eigenvalue weighted by molar-refractivity contribution is -0.384. The van der Waals surface area contributed by atoms with Crippen molar-refractivity contribution in [2.75, 3.05) is 0 Å². The van der Waals surface area contributed by atoms with Gasteiger partial charge in [0.2, 0.25) is 0 Å². The van der Waals surface area contributed by atoms with Crippen LogP contribution >= 0.6 is 22.6 Å². The third-order valence-electron chi connectivity index (χ3n) is 2.73. The molecule has 0 spiro atoms. The minimum absolute atomic E-state index is 0.104. The Morgan fingerprint density at radius 1 is 1.55 bits per heavy atom. The molecule has 1 N–H and O–H groups in total. The van der Waals surface area contributed by atoms with E-state index in [2.05, 4.69) is 10.3 Å². The first kappa shape index (κ1) is 14.4. The first-order valence-electron chi connectivity index (χ1n) is 5.67. The maximum absolute atomic E-state index is 12.1. The highest BCUT2D eigenvalue weighted by Crippen LogP contribution is 2.19. The van der Waals surface area contributed by atoms with Crippen LogP contribution < -0.4 is 5.32 Å². The second kappa shape index (κ2) is 5.99. The van der Waals surface area contributed by atoms with Gasteiger partial charge < -0.3 is 9.88 Å². The van der Waals surface area contributed by atoms with Gasteiger partial charge in [-0.25, -0.2) is 4.98 Å². The van der Waals surface area contributed by atoms with E-state index < -0.39 is 4.92 Å². The molecule has 7 nitrogen and oxygen atoms in total. The molecule has 0 saturated carbocycles. The standard InChI is InChI=1S/C12H11IN4O3/c1-16-5-4-14-11(16)7-15-12(18)9-6-8(17(19)20)2-3-10(9)13/h2-6H,7H2,1H3,(H,15,18). The Kier molecular flexibility index (Phi) is 4.32. The van der Waals surface area contributed by atoms with Crippen LogP contribution in [0.2, 0.25) is 0 Å². The third-order valence-corrected chi connectivity index (χ3v) is 3.67. The molecule has 0 aliphatic rings. The number of carbonyl (C=O) groups excluding carboxylic acids is 1. The topological polar surface area (TPSA) is 90.1 Å². The quantitative estimate of drug-likeness (QED) is 0.494. The second-order valence-electron chi connectivity index (χ2n) is 4.06. The molecule has 1 aromatic carbocycles. The van der Waals surface area contributed by atoms with Crippen LogP contribution in [0.3, 0.4) is 0 Å². The fourth-order valence-electron chi connectivity index (χ4n) is 1.62. The van der Waals surface area contributed by atoms with E-state index in [1.165, 1.54) is 12.1 Å². The maximum Gasteiger partial charge on any atom is 0.270 e. The molecule has 0 aliphatic heterocycles. The Balaban J connectivity index is 2.15. The van der Waals surface area contributed by atoms with Crippen molar-refractivity contribution in [2.45, 2.75) is 6.54 Å². The summed E-state index contributed by atoms with van der Waals surface area (Å²) in [6.45, 7) is 0.265. The summed E-state index contributed by atoms with van der Waals surface area (Å²) in [5.41, 5.74) is 0.182. The van der Waals surface area contributed by atoms with E-state index in [4.69, 9.17) is 0 Å². The van der Waals surface area contributed by atoms with Crippen molar-refractivity contribution >= 4 is 34.2 Å². The monoisotopic (exact) mass is 386 g/mol. The number of nitro benzene ring substituents is 1. The Labute approximate surface area is 128 Å². The highest BCUT2D eigenvalue weighted by atomic mass is 127. The van der Waals surface area contributed by atoms with Gasteiger partial charge in [0.25, 0.3) is 11.6 Å². The van der Waals surface area contributed by atoms with E-state index in [9.17, 15) is 14.9 Å². The summed E-state index contributed by atoms with van der Waals surface area (Å²) in [6.07, 6.45) is 3.41. The molecule has 0 bridgehead atoms. The van der Waals surface area contributed by atoms with Gasteiger partial charge in [-0.15, -0.1) is 0 Å². The minimum atomic E-state index is -0.522. The number of hydrogen-bond acceptors (Lipinski definition) is 4. The van der Waals surface area contributed by atoms with Gasteiger partial charge in [0, 0.05) is 35.1 Å². The van der Waals surface area contributed by atoms with Crippen LogP contribution in [-0.4, -0.2) is 20.4 Å². The molecule has 1 aromatic heterocycles. The van der Waals surface area contributed by atoms with Gasteiger partial charge in [0.15, 0.2) is 0 Å². The third kappa shape index (κ3) is 3.13. The van der Waals surface area contributed by atoms with Crippen LogP contribution in [0.15, 0.2) is 30.6 Å². The van der Waals surface area contributed by atoms with Gasteiger partial charge in [-0.05, 0) is 28.7 Å². The second-order valence-corrected chi connectivity index (χ2v) is 5.22. The summed E-state index contributed by atoms with van der Waals surface area (Å²) >= 11 is 1.97. The molecule has 0 atom stereocenters. The maximum atomic E-state index is 12.1. The summed E-state index contributed by atoms with van der Waals surface area (Å²) in [5, 5.41) is 13.4. The molecule has 0 radical (unpaired) electrons. The molecule has 0 aliphatic carbocycles. The van der Waals surface area contributed by atoms with Crippen LogP contribution in [0.4, 0.5) is 5.69 Å². The average Bonchev–Trinajstić information content (AvgIpc) is 2.81. The number of hydrogen-bond donors (Lipinski definition) is 1. The number of aromatic nitrogens is 2. The van der Waals surface area contributed by atoms with Gasteiger partial charge >= 0.3 is 0 Å². The number of non-ortho nitro benzene ring substituents is 1. The normalized spacial score (nSPS) is 10.3. The van der Waals surface area contributed by atoms with Crippen molar-refractivity contribution in [3.8, 4) is 0 Å². The Morgan fingerprint density at radius 2 is 2.30 bits per heavy atom. The van der Waals surface area contributed by atoms with Crippen LogP contribution in [0.1, 0.15) is 16.2 Å². The average molecular weight is 386 g/mol. The van der Waals surface area contributed by atoms with E-state index in [1.54, 1.807) is 23.0 Å². The van der Waals surface area contributed by atoms with Gasteiger partial charge in [-0.2, -0.15) is 0 Å². The van der Waals surface area contributed by atoms with Gasteiger partial charge in [-0.3, -0.25) is 14.9 Å². The van der Waals surface area contributed by atoms with Crippen molar-refractivity contribution in [1.82, 2.24) is 14.9 Å². The van der Waals surface area contributed by atoms with Crippen LogP contribution in [0.25, 0.3) is 0 Å². The zero-order chi connectivity index (χ0) is 14.7. The van der Waals surface area contributed by atoms with Crippen LogP contribution in [0, 0.1) is 13.7 Å². The fourth-order valence-corrected chi connectivity index (χ4v) is 2.20. The van der Waals surface area contributed by atoms with Crippen molar-refractivity contribution in [3.63, 3.8) is 0 Å². The van der Waals surface area contributed by atoms with E-state index in [1.807, 2.05) is 29.6 Å². The van der Waals surface area contributed by atoms with Crippen molar-refractivity contribution in [1.29, 1.82) is 0 Å². The Hall–Kier alpha value is -1.97. The van der Waals surface area contributed by atoms with E-state index in [-0.39, 0.29) is 23.7 Å². The van der Waals surface area contributed by atoms with Crippen molar-refractivity contribution in [3.05, 3.63) is 55.7 Å². The molecule has 0 unspecified atom stereocenters. The Bertz CT molecular complexity index is 668. The summed E-state index contributed by atoms with van der Waals surface area (Å²) in [7, 11) is 1.83. The molecule has 8 heteroatoms. The Morgan fingerprint density at radius 3 is 2.90 bits per heavy atom. The van der Waals surface area contributed by atoms with Crippen LogP contribution in [0.5, 0.6) is 0 Å². The number of halogens is 1. The molecule has 1 amide bonds. The first-order valence-corrected chi connectivity index (χ1v) is 6.75. The molecule has 1 heterocycles. The van der Waals surface area contributed by atoms with Crippen molar-refractivity contribution < 1.29 is 9.72 Å². The SMILES string of the molecule is Cn1ccnc1CNC(=O)c1cc([N+](=O)[O-])ccc1I. The summed E-state index contributed by atoms with van der Waals surface area (Å²) in [6, 6.07) is 4.20. The number of nitro groups is 1. The van der Waals surface area contributed by atoms with Gasteiger partial charge in [-0.1, -0.05) is 0 Å². The first-order chi connectivity index (χ1) is 9.49. The molecular weight excluding hydrogens is 375 g/mol. The summed E-state index contributed by atoms with van der Waals surface area (Å²) < 4.78 is 2.45. The lowest BCUT2D eigenvalue weighted by Gasteiger charge is -2.07. The molecule has 2 aromatic rings. The van der Waals surface area contributed by atoms with Crippen LogP contribution in [-0.2, 0) is 13.6 Å². The number of amides is 1. The number of nitrogens with one attached hydrogen (secondary N) is 1. The lowest BCUT2D eigenvalue weighted by atomic mass is 10.2. The molecular formula is C12H11IN4O3. The molecule has 2 rings (SSSR count). The smallest absolute Gasteiger partial charge is 0.270 e.